The predicted octanol–water partition coefficient (Wildman–Crippen LogP) is 1.23. The molecule has 0 spiro atoms. The first-order valence-electron chi connectivity index (χ1n) is 3.45. The van der Waals surface area contributed by atoms with E-state index in [1.165, 1.54) is 0 Å². The highest BCUT2D eigenvalue weighted by Gasteiger charge is 1.96. The van der Waals surface area contributed by atoms with Crippen molar-refractivity contribution in [3.8, 4) is 6.07 Å². The van der Waals surface area contributed by atoms with E-state index < -0.39 is 6.03 Å². The van der Waals surface area contributed by atoms with Crippen LogP contribution in [0.3, 0.4) is 0 Å². The van der Waals surface area contributed by atoms with Gasteiger partial charge in [-0.2, -0.15) is 5.26 Å². The number of hydrogen-bond donors (Lipinski definition) is 2. The molecule has 0 unspecified atom stereocenters. The summed E-state index contributed by atoms with van der Waals surface area (Å²) in [4.78, 5) is 11.2. The highest BCUT2D eigenvalue weighted by molar-refractivity contribution is 7.98. The van der Waals surface area contributed by atoms with E-state index in [9.17, 15) is 4.79 Å². The average Bonchev–Trinajstić information content (AvgIpc) is 2.15. The Labute approximate surface area is 79.9 Å². The number of nitriles is 1. The third kappa shape index (κ3) is 3.05. The van der Waals surface area contributed by atoms with E-state index in [0.717, 1.165) is 16.8 Å². The Morgan fingerprint density at radius 2 is 2.08 bits per heavy atom. The summed E-state index contributed by atoms with van der Waals surface area (Å²) in [5.41, 5.74) is 5.46. The van der Waals surface area contributed by atoms with E-state index in [4.69, 9.17) is 11.0 Å². The lowest BCUT2D eigenvalue weighted by atomic mass is 10.2. The second-order valence-corrected chi connectivity index (χ2v) is 3.08. The van der Waals surface area contributed by atoms with Gasteiger partial charge in [-0.05, 0) is 36.2 Å². The molecule has 0 atom stereocenters. The third-order valence-corrected chi connectivity index (χ3v) is 2.06. The maximum Gasteiger partial charge on any atom is 0.322 e. The van der Waals surface area contributed by atoms with Crippen LogP contribution in [0.2, 0.25) is 0 Å². The number of hydrogen-bond acceptors (Lipinski definition) is 3. The minimum absolute atomic E-state index is 0.587. The number of benzene rings is 1. The van der Waals surface area contributed by atoms with Gasteiger partial charge in [-0.3, -0.25) is 4.72 Å². The molecule has 0 heterocycles. The molecule has 3 N–H and O–H groups in total. The van der Waals surface area contributed by atoms with Crippen LogP contribution in [-0.4, -0.2) is 6.03 Å². The predicted molar refractivity (Wildman–Crippen MR) is 49.7 cm³/mol. The zero-order valence-corrected chi connectivity index (χ0v) is 7.47. The molecule has 4 nitrogen and oxygen atoms in total. The molecule has 0 fully saturated rings. The van der Waals surface area contributed by atoms with Crippen molar-refractivity contribution in [3.05, 3.63) is 29.8 Å². The van der Waals surface area contributed by atoms with Gasteiger partial charge >= 0.3 is 6.03 Å². The van der Waals surface area contributed by atoms with Crippen LogP contribution in [0.1, 0.15) is 5.56 Å². The Balaban J connectivity index is 2.60. The lowest BCUT2D eigenvalue weighted by Crippen LogP contribution is -2.22. The average molecular weight is 193 g/mol. The lowest BCUT2D eigenvalue weighted by molar-refractivity contribution is 0.254. The van der Waals surface area contributed by atoms with Gasteiger partial charge in [0.15, 0.2) is 0 Å². The van der Waals surface area contributed by atoms with Crippen molar-refractivity contribution in [1.82, 2.24) is 4.72 Å². The fourth-order valence-corrected chi connectivity index (χ4v) is 1.20. The summed E-state index contributed by atoms with van der Waals surface area (Å²) < 4.78 is 2.37. The van der Waals surface area contributed by atoms with Crippen LogP contribution >= 0.6 is 11.9 Å². The van der Waals surface area contributed by atoms with Gasteiger partial charge < -0.3 is 5.73 Å². The summed E-state index contributed by atoms with van der Waals surface area (Å²) in [6, 6.07) is 8.22. The van der Waals surface area contributed by atoms with E-state index in [2.05, 4.69) is 4.72 Å². The van der Waals surface area contributed by atoms with Gasteiger partial charge in [-0.15, -0.1) is 0 Å². The van der Waals surface area contributed by atoms with Crippen LogP contribution in [0.25, 0.3) is 0 Å². The second kappa shape index (κ2) is 4.38. The SMILES string of the molecule is N#Cc1ccc(SNC(N)=O)cc1. The third-order valence-electron chi connectivity index (χ3n) is 1.25. The molecule has 0 aliphatic heterocycles. The maximum atomic E-state index is 10.3. The van der Waals surface area contributed by atoms with Gasteiger partial charge in [0.25, 0.3) is 0 Å². The Kier molecular flexibility index (Phi) is 3.17. The normalized spacial score (nSPS) is 8.85. The number of primary amides is 1. The lowest BCUT2D eigenvalue weighted by Gasteiger charge is -1.99. The summed E-state index contributed by atoms with van der Waals surface area (Å²) >= 11 is 1.11. The minimum atomic E-state index is -0.589. The van der Waals surface area contributed by atoms with E-state index in [1.807, 2.05) is 6.07 Å². The molecule has 0 aromatic heterocycles. The highest BCUT2D eigenvalue weighted by Crippen LogP contribution is 2.14. The summed E-state index contributed by atoms with van der Waals surface area (Å²) in [5.74, 6) is 0. The number of carbonyl (C=O) groups is 1. The number of rotatable bonds is 2. The Bertz CT molecular complexity index is 341. The largest absolute Gasteiger partial charge is 0.351 e. The summed E-state index contributed by atoms with van der Waals surface area (Å²) in [6.45, 7) is 0. The Morgan fingerprint density at radius 3 is 2.54 bits per heavy atom. The molecule has 0 saturated heterocycles. The number of nitrogens with zero attached hydrogens (tertiary/aromatic N) is 1. The quantitative estimate of drug-likeness (QED) is 0.693. The first-order chi connectivity index (χ1) is 6.22. The summed E-state index contributed by atoms with van der Waals surface area (Å²) in [7, 11) is 0. The summed E-state index contributed by atoms with van der Waals surface area (Å²) in [6.07, 6.45) is 0. The van der Waals surface area contributed by atoms with E-state index in [1.54, 1.807) is 24.3 Å². The fourth-order valence-electron chi connectivity index (χ4n) is 0.707. The standard InChI is InChI=1S/C8H7N3OS/c9-5-6-1-3-7(4-2-6)13-11-8(10)12/h1-4H,(H3,10,11,12). The number of nitrogens with two attached hydrogens (primary N) is 1. The van der Waals surface area contributed by atoms with Crippen LogP contribution < -0.4 is 10.5 Å². The number of carbonyl (C=O) groups excluding carboxylic acids is 1. The molecule has 0 aliphatic carbocycles. The van der Waals surface area contributed by atoms with Crippen molar-refractivity contribution >= 4 is 18.0 Å². The van der Waals surface area contributed by atoms with Crippen molar-refractivity contribution in [1.29, 1.82) is 5.26 Å². The van der Waals surface area contributed by atoms with Crippen LogP contribution in [0.4, 0.5) is 4.79 Å². The molecule has 0 bridgehead atoms. The van der Waals surface area contributed by atoms with Gasteiger partial charge in [0.2, 0.25) is 0 Å². The first-order valence-corrected chi connectivity index (χ1v) is 4.26. The van der Waals surface area contributed by atoms with E-state index >= 15 is 0 Å². The monoisotopic (exact) mass is 193 g/mol. The second-order valence-electron chi connectivity index (χ2n) is 2.20. The maximum absolute atomic E-state index is 10.3. The molecule has 13 heavy (non-hydrogen) atoms. The molecule has 0 aliphatic rings. The Morgan fingerprint density at radius 1 is 1.46 bits per heavy atom. The molecule has 1 aromatic carbocycles. The molecule has 66 valence electrons. The van der Waals surface area contributed by atoms with Crippen LogP contribution in [0, 0.1) is 11.3 Å². The van der Waals surface area contributed by atoms with Crippen LogP contribution in [0.5, 0.6) is 0 Å². The first kappa shape index (κ1) is 9.42. The van der Waals surface area contributed by atoms with Crippen molar-refractivity contribution in [2.75, 3.05) is 0 Å². The van der Waals surface area contributed by atoms with Gasteiger partial charge in [0.1, 0.15) is 0 Å². The molecule has 0 radical (unpaired) electrons. The van der Waals surface area contributed by atoms with Crippen LogP contribution in [-0.2, 0) is 0 Å². The highest BCUT2D eigenvalue weighted by atomic mass is 32.2. The molecule has 0 saturated carbocycles. The van der Waals surface area contributed by atoms with Crippen molar-refractivity contribution in [2.45, 2.75) is 4.90 Å². The molecular weight excluding hydrogens is 186 g/mol. The smallest absolute Gasteiger partial charge is 0.322 e. The fraction of sp³-hybridized carbons (Fsp3) is 0. The van der Waals surface area contributed by atoms with Crippen molar-refractivity contribution in [3.63, 3.8) is 0 Å². The van der Waals surface area contributed by atoms with Gasteiger partial charge in [0.05, 0.1) is 11.6 Å². The zero-order chi connectivity index (χ0) is 9.68. The minimum Gasteiger partial charge on any atom is -0.351 e. The van der Waals surface area contributed by atoms with Gasteiger partial charge in [-0.1, -0.05) is 0 Å². The molecule has 1 rings (SSSR count). The molecule has 1 aromatic rings. The van der Waals surface area contributed by atoms with Gasteiger partial charge in [-0.25, -0.2) is 4.79 Å². The van der Waals surface area contributed by atoms with Crippen molar-refractivity contribution in [2.24, 2.45) is 5.73 Å². The van der Waals surface area contributed by atoms with Gasteiger partial charge in [0, 0.05) is 4.90 Å². The molecule has 2 amide bonds. The van der Waals surface area contributed by atoms with Crippen molar-refractivity contribution < 1.29 is 4.79 Å². The zero-order valence-electron chi connectivity index (χ0n) is 6.65. The molecule has 5 heteroatoms. The topological polar surface area (TPSA) is 78.9 Å². The number of amides is 2. The number of urea groups is 1. The summed E-state index contributed by atoms with van der Waals surface area (Å²) in [5, 5.41) is 8.50. The number of nitrogens with one attached hydrogen (secondary N) is 1. The Hall–Kier alpha value is -1.67. The van der Waals surface area contributed by atoms with E-state index in [-0.39, 0.29) is 0 Å². The van der Waals surface area contributed by atoms with E-state index in [0.29, 0.717) is 5.56 Å². The van der Waals surface area contributed by atoms with Crippen LogP contribution in [0.15, 0.2) is 29.2 Å². The molecular formula is C8H7N3OS.